The molecule has 1 N–H and O–H groups in total. The molecular formula is C15H22O4. The molecule has 0 bridgehead atoms. The Morgan fingerprint density at radius 1 is 1.21 bits per heavy atom. The lowest BCUT2D eigenvalue weighted by Crippen LogP contribution is -2.27. The van der Waals surface area contributed by atoms with Gasteiger partial charge in [-0.1, -0.05) is 20.3 Å². The summed E-state index contributed by atoms with van der Waals surface area (Å²) in [4.78, 5) is 11.2. The summed E-state index contributed by atoms with van der Waals surface area (Å²) >= 11 is 0. The van der Waals surface area contributed by atoms with E-state index in [1.165, 1.54) is 0 Å². The van der Waals surface area contributed by atoms with E-state index in [9.17, 15) is 9.90 Å². The van der Waals surface area contributed by atoms with Crippen LogP contribution in [0, 0.1) is 5.92 Å². The first-order valence-electron chi connectivity index (χ1n) is 6.60. The third kappa shape index (κ3) is 5.20. The predicted molar refractivity (Wildman–Crippen MR) is 73.7 cm³/mol. The number of ether oxygens (including phenoxy) is 2. The Hall–Kier alpha value is -1.71. The van der Waals surface area contributed by atoms with Crippen LogP contribution in [0.2, 0.25) is 0 Å². The van der Waals surface area contributed by atoms with Gasteiger partial charge in [-0.15, -0.1) is 0 Å². The van der Waals surface area contributed by atoms with Crippen LogP contribution in [-0.2, 0) is 4.79 Å². The van der Waals surface area contributed by atoms with Crippen LogP contribution in [0.4, 0.5) is 0 Å². The van der Waals surface area contributed by atoms with Crippen molar-refractivity contribution in [1.82, 2.24) is 0 Å². The van der Waals surface area contributed by atoms with Gasteiger partial charge in [0, 0.05) is 0 Å². The smallest absolute Gasteiger partial charge is 0.344 e. The number of carboxylic acid groups (broad SMARTS) is 1. The van der Waals surface area contributed by atoms with Crippen LogP contribution in [0.1, 0.15) is 33.1 Å². The Morgan fingerprint density at radius 2 is 1.79 bits per heavy atom. The zero-order chi connectivity index (χ0) is 14.3. The van der Waals surface area contributed by atoms with Crippen molar-refractivity contribution >= 4 is 5.97 Å². The van der Waals surface area contributed by atoms with Gasteiger partial charge in [0.25, 0.3) is 0 Å². The molecule has 0 aromatic heterocycles. The molecule has 0 radical (unpaired) electrons. The molecule has 2 atom stereocenters. The summed E-state index contributed by atoms with van der Waals surface area (Å²) < 4.78 is 10.6. The molecule has 1 aromatic rings. The summed E-state index contributed by atoms with van der Waals surface area (Å²) in [6, 6.07) is 6.95. The minimum absolute atomic E-state index is 0.515. The second kappa shape index (κ2) is 7.67. The van der Waals surface area contributed by atoms with E-state index in [4.69, 9.17) is 9.47 Å². The average molecular weight is 266 g/mol. The van der Waals surface area contributed by atoms with E-state index in [0.717, 1.165) is 18.6 Å². The Morgan fingerprint density at radius 3 is 2.26 bits per heavy atom. The molecule has 0 saturated heterocycles. The molecule has 1 rings (SSSR count). The molecule has 0 aliphatic rings. The van der Waals surface area contributed by atoms with Crippen LogP contribution in [0.25, 0.3) is 0 Å². The monoisotopic (exact) mass is 266 g/mol. The molecule has 106 valence electrons. The summed E-state index contributed by atoms with van der Waals surface area (Å²) in [6.07, 6.45) is 1.64. The zero-order valence-corrected chi connectivity index (χ0v) is 11.8. The normalized spacial score (nSPS) is 13.6. The first-order valence-corrected chi connectivity index (χ1v) is 6.60. The van der Waals surface area contributed by atoms with E-state index < -0.39 is 12.1 Å². The maximum Gasteiger partial charge on any atom is 0.344 e. The number of hydrogen-bond acceptors (Lipinski definition) is 3. The first kappa shape index (κ1) is 15.3. The highest BCUT2D eigenvalue weighted by molar-refractivity contribution is 5.72. The molecule has 0 amide bonds. The summed E-state index contributed by atoms with van der Waals surface area (Å²) in [5.41, 5.74) is 0. The van der Waals surface area contributed by atoms with Crippen LogP contribution in [-0.4, -0.2) is 24.3 Å². The van der Waals surface area contributed by atoms with Crippen LogP contribution >= 0.6 is 0 Å². The van der Waals surface area contributed by atoms with Crippen LogP contribution in [0.5, 0.6) is 11.5 Å². The highest BCUT2D eigenvalue weighted by Crippen LogP contribution is 2.20. The van der Waals surface area contributed by atoms with E-state index in [2.05, 4.69) is 13.8 Å². The van der Waals surface area contributed by atoms with Crippen molar-refractivity contribution in [1.29, 1.82) is 0 Å². The molecule has 19 heavy (non-hydrogen) atoms. The SMILES string of the molecule is CCC(C)CCC(Oc1ccc(OC)cc1)C(=O)O. The van der Waals surface area contributed by atoms with Gasteiger partial charge in [-0.05, 0) is 43.0 Å². The fourth-order valence-corrected chi connectivity index (χ4v) is 1.69. The van der Waals surface area contributed by atoms with Crippen molar-refractivity contribution in [3.05, 3.63) is 24.3 Å². The Labute approximate surface area is 114 Å². The minimum atomic E-state index is -0.917. The van der Waals surface area contributed by atoms with Crippen LogP contribution in [0.3, 0.4) is 0 Å². The van der Waals surface area contributed by atoms with Gasteiger partial charge in [-0.3, -0.25) is 0 Å². The third-order valence-electron chi connectivity index (χ3n) is 3.23. The zero-order valence-electron chi connectivity index (χ0n) is 11.8. The fraction of sp³-hybridized carbons (Fsp3) is 0.533. The predicted octanol–water partition coefficient (Wildman–Crippen LogP) is 3.35. The van der Waals surface area contributed by atoms with E-state index in [1.807, 2.05) is 0 Å². The standard InChI is InChI=1S/C15H22O4/c1-4-11(2)5-10-14(15(16)17)19-13-8-6-12(18-3)7-9-13/h6-9,11,14H,4-5,10H2,1-3H3,(H,16,17). The molecule has 0 spiro atoms. The van der Waals surface area contributed by atoms with Gasteiger partial charge >= 0.3 is 5.97 Å². The van der Waals surface area contributed by atoms with Crippen molar-refractivity contribution in [2.24, 2.45) is 5.92 Å². The topological polar surface area (TPSA) is 55.8 Å². The van der Waals surface area contributed by atoms with Crippen molar-refractivity contribution in [2.75, 3.05) is 7.11 Å². The summed E-state index contributed by atoms with van der Waals surface area (Å²) in [5, 5.41) is 9.17. The number of hydrogen-bond donors (Lipinski definition) is 1. The molecule has 1 aromatic carbocycles. The Balaban J connectivity index is 2.59. The van der Waals surface area contributed by atoms with Gasteiger partial charge in [0.05, 0.1) is 7.11 Å². The molecule has 2 unspecified atom stereocenters. The quantitative estimate of drug-likeness (QED) is 0.784. The van der Waals surface area contributed by atoms with Crippen molar-refractivity contribution in [2.45, 2.75) is 39.2 Å². The Kier molecular flexibility index (Phi) is 6.19. The number of methoxy groups -OCH3 is 1. The maximum absolute atomic E-state index is 11.2. The number of aliphatic carboxylic acids is 1. The highest BCUT2D eigenvalue weighted by Gasteiger charge is 2.20. The number of rotatable bonds is 8. The number of benzene rings is 1. The summed E-state index contributed by atoms with van der Waals surface area (Å²) in [7, 11) is 1.59. The lowest BCUT2D eigenvalue weighted by Gasteiger charge is -2.17. The second-order valence-corrected chi connectivity index (χ2v) is 4.71. The van der Waals surface area contributed by atoms with Crippen molar-refractivity contribution in [3.63, 3.8) is 0 Å². The maximum atomic E-state index is 11.2. The van der Waals surface area contributed by atoms with Crippen molar-refractivity contribution < 1.29 is 19.4 Å². The first-order chi connectivity index (χ1) is 9.06. The van der Waals surface area contributed by atoms with Crippen LogP contribution < -0.4 is 9.47 Å². The fourth-order valence-electron chi connectivity index (χ4n) is 1.69. The van der Waals surface area contributed by atoms with Gasteiger partial charge in [0.2, 0.25) is 0 Å². The second-order valence-electron chi connectivity index (χ2n) is 4.71. The molecule has 4 heteroatoms. The minimum Gasteiger partial charge on any atom is -0.497 e. The van der Waals surface area contributed by atoms with Gasteiger partial charge in [0.15, 0.2) is 6.10 Å². The molecular weight excluding hydrogens is 244 g/mol. The molecule has 0 heterocycles. The third-order valence-corrected chi connectivity index (χ3v) is 3.23. The van der Waals surface area contributed by atoms with E-state index in [-0.39, 0.29) is 0 Å². The van der Waals surface area contributed by atoms with E-state index in [0.29, 0.717) is 18.1 Å². The van der Waals surface area contributed by atoms with Gasteiger partial charge in [-0.2, -0.15) is 0 Å². The number of carboxylic acids is 1. The lowest BCUT2D eigenvalue weighted by molar-refractivity contribution is -0.145. The largest absolute Gasteiger partial charge is 0.497 e. The van der Waals surface area contributed by atoms with Gasteiger partial charge < -0.3 is 14.6 Å². The summed E-state index contributed by atoms with van der Waals surface area (Å²) in [5.74, 6) is 0.872. The molecule has 0 aliphatic carbocycles. The highest BCUT2D eigenvalue weighted by atomic mass is 16.5. The van der Waals surface area contributed by atoms with Crippen molar-refractivity contribution in [3.8, 4) is 11.5 Å². The van der Waals surface area contributed by atoms with E-state index >= 15 is 0 Å². The van der Waals surface area contributed by atoms with E-state index in [1.54, 1.807) is 31.4 Å². The lowest BCUT2D eigenvalue weighted by atomic mass is 10.0. The Bertz CT molecular complexity index is 386. The van der Waals surface area contributed by atoms with Gasteiger partial charge in [0.1, 0.15) is 11.5 Å². The van der Waals surface area contributed by atoms with Crippen LogP contribution in [0.15, 0.2) is 24.3 Å². The average Bonchev–Trinajstić information content (AvgIpc) is 2.43. The summed E-state index contributed by atoms with van der Waals surface area (Å²) in [6.45, 7) is 4.22. The number of carbonyl (C=O) groups is 1. The molecule has 4 nitrogen and oxygen atoms in total. The molecule has 0 aliphatic heterocycles. The molecule has 0 fully saturated rings. The van der Waals surface area contributed by atoms with Gasteiger partial charge in [-0.25, -0.2) is 4.79 Å². The molecule has 0 saturated carbocycles.